The molecule has 20 heavy (non-hydrogen) atoms. The van der Waals surface area contributed by atoms with Crippen LogP contribution in [0, 0.1) is 0 Å². The maximum Gasteiger partial charge on any atom is 0.193 e. The minimum atomic E-state index is 0.758. The monoisotopic (exact) mass is 327 g/mol. The van der Waals surface area contributed by atoms with Crippen LogP contribution in [0.3, 0.4) is 0 Å². The highest BCUT2D eigenvalue weighted by Crippen LogP contribution is 2.26. The maximum absolute atomic E-state index is 5.80. The third-order valence-electron chi connectivity index (χ3n) is 3.04. The SMILES string of the molecule is Brc1ccc(-c2ccc(NCc3ccccc3)o2)cc1. The second-order valence-corrected chi connectivity index (χ2v) is 5.43. The fourth-order valence-electron chi connectivity index (χ4n) is 1.99. The lowest BCUT2D eigenvalue weighted by Gasteiger charge is -2.03. The van der Waals surface area contributed by atoms with Crippen molar-refractivity contribution in [3.05, 3.63) is 76.8 Å². The predicted molar refractivity (Wildman–Crippen MR) is 85.6 cm³/mol. The number of hydrogen-bond acceptors (Lipinski definition) is 2. The van der Waals surface area contributed by atoms with Gasteiger partial charge in [-0.25, -0.2) is 0 Å². The van der Waals surface area contributed by atoms with E-state index in [-0.39, 0.29) is 0 Å². The number of anilines is 1. The van der Waals surface area contributed by atoms with Crippen LogP contribution in [0.5, 0.6) is 0 Å². The molecule has 0 aliphatic rings. The molecule has 2 nitrogen and oxygen atoms in total. The normalized spacial score (nSPS) is 10.4. The van der Waals surface area contributed by atoms with Gasteiger partial charge in [0.15, 0.2) is 5.88 Å². The summed E-state index contributed by atoms with van der Waals surface area (Å²) in [4.78, 5) is 0. The molecule has 0 aliphatic heterocycles. The average Bonchev–Trinajstić information content (AvgIpc) is 2.96. The molecule has 100 valence electrons. The number of furan rings is 1. The second kappa shape index (κ2) is 5.97. The van der Waals surface area contributed by atoms with Gasteiger partial charge < -0.3 is 9.73 Å². The van der Waals surface area contributed by atoms with Gasteiger partial charge in [0.05, 0.1) is 0 Å². The van der Waals surface area contributed by atoms with Crippen molar-refractivity contribution in [2.75, 3.05) is 5.32 Å². The molecule has 3 rings (SSSR count). The molecule has 0 spiro atoms. The molecule has 2 aromatic carbocycles. The summed E-state index contributed by atoms with van der Waals surface area (Å²) in [7, 11) is 0. The Morgan fingerprint density at radius 3 is 2.35 bits per heavy atom. The van der Waals surface area contributed by atoms with Gasteiger partial charge in [0.1, 0.15) is 5.76 Å². The first-order valence-electron chi connectivity index (χ1n) is 6.45. The lowest BCUT2D eigenvalue weighted by atomic mass is 10.2. The molecule has 1 heterocycles. The van der Waals surface area contributed by atoms with E-state index in [0.717, 1.165) is 28.2 Å². The summed E-state index contributed by atoms with van der Waals surface area (Å²) >= 11 is 3.43. The number of rotatable bonds is 4. The summed E-state index contributed by atoms with van der Waals surface area (Å²) in [6, 6.07) is 22.3. The van der Waals surface area contributed by atoms with E-state index in [9.17, 15) is 0 Å². The average molecular weight is 328 g/mol. The van der Waals surface area contributed by atoms with Crippen LogP contribution in [0.2, 0.25) is 0 Å². The molecule has 0 aliphatic carbocycles. The fourth-order valence-corrected chi connectivity index (χ4v) is 2.25. The highest BCUT2D eigenvalue weighted by atomic mass is 79.9. The molecule has 1 N–H and O–H groups in total. The van der Waals surface area contributed by atoms with Gasteiger partial charge >= 0.3 is 0 Å². The Morgan fingerprint density at radius 1 is 0.850 bits per heavy atom. The summed E-state index contributed by atoms with van der Waals surface area (Å²) in [6.07, 6.45) is 0. The van der Waals surface area contributed by atoms with E-state index in [1.807, 2.05) is 54.6 Å². The molecule has 0 atom stereocenters. The van der Waals surface area contributed by atoms with E-state index < -0.39 is 0 Å². The highest BCUT2D eigenvalue weighted by Gasteiger charge is 2.04. The van der Waals surface area contributed by atoms with E-state index in [1.165, 1.54) is 5.56 Å². The molecular formula is C17H14BrNO. The topological polar surface area (TPSA) is 25.2 Å². The van der Waals surface area contributed by atoms with Gasteiger partial charge in [-0.3, -0.25) is 0 Å². The fraction of sp³-hybridized carbons (Fsp3) is 0.0588. The highest BCUT2D eigenvalue weighted by molar-refractivity contribution is 9.10. The van der Waals surface area contributed by atoms with Crippen LogP contribution in [0.15, 0.2) is 75.6 Å². The number of hydrogen-bond donors (Lipinski definition) is 1. The third kappa shape index (κ3) is 3.11. The molecule has 3 heteroatoms. The van der Waals surface area contributed by atoms with E-state index in [4.69, 9.17) is 4.42 Å². The van der Waals surface area contributed by atoms with Crippen molar-refractivity contribution in [3.63, 3.8) is 0 Å². The van der Waals surface area contributed by atoms with Crippen molar-refractivity contribution < 1.29 is 4.42 Å². The summed E-state index contributed by atoms with van der Waals surface area (Å²) < 4.78 is 6.87. The Hall–Kier alpha value is -2.00. The van der Waals surface area contributed by atoms with E-state index >= 15 is 0 Å². The Morgan fingerprint density at radius 2 is 1.60 bits per heavy atom. The maximum atomic E-state index is 5.80. The minimum absolute atomic E-state index is 0.758. The van der Waals surface area contributed by atoms with Crippen LogP contribution >= 0.6 is 15.9 Å². The van der Waals surface area contributed by atoms with Gasteiger partial charge in [-0.05, 0) is 23.8 Å². The molecule has 0 unspecified atom stereocenters. The summed E-state index contributed by atoms with van der Waals surface area (Å²) in [5, 5.41) is 3.29. The summed E-state index contributed by atoms with van der Waals surface area (Å²) in [5.41, 5.74) is 2.30. The molecule has 0 saturated carbocycles. The number of benzene rings is 2. The molecule has 0 fully saturated rings. The zero-order chi connectivity index (χ0) is 13.8. The van der Waals surface area contributed by atoms with Crippen molar-refractivity contribution in [2.24, 2.45) is 0 Å². The van der Waals surface area contributed by atoms with Gasteiger partial charge in [-0.15, -0.1) is 0 Å². The Kier molecular flexibility index (Phi) is 3.88. The summed E-state index contributed by atoms with van der Waals surface area (Å²) in [6.45, 7) is 0.758. The van der Waals surface area contributed by atoms with Crippen LogP contribution in [0.25, 0.3) is 11.3 Å². The van der Waals surface area contributed by atoms with Crippen LogP contribution in [-0.2, 0) is 6.54 Å². The lowest BCUT2D eigenvalue weighted by molar-refractivity contribution is 0.593. The van der Waals surface area contributed by atoms with Gasteiger partial charge in [0.25, 0.3) is 0 Å². The lowest BCUT2D eigenvalue weighted by Crippen LogP contribution is -1.97. The predicted octanol–water partition coefficient (Wildman–Crippen LogP) is 5.32. The van der Waals surface area contributed by atoms with Gasteiger partial charge in [0, 0.05) is 22.6 Å². The van der Waals surface area contributed by atoms with Gasteiger partial charge in [-0.1, -0.05) is 58.4 Å². The molecule has 0 radical (unpaired) electrons. The molecular weight excluding hydrogens is 314 g/mol. The largest absolute Gasteiger partial charge is 0.441 e. The van der Waals surface area contributed by atoms with Crippen molar-refractivity contribution >= 4 is 21.8 Å². The first-order valence-corrected chi connectivity index (χ1v) is 7.24. The minimum Gasteiger partial charge on any atom is -0.441 e. The Labute approximate surface area is 126 Å². The standard InChI is InChI=1S/C17H14BrNO/c18-15-8-6-14(7-9-15)16-10-11-17(20-16)19-12-13-4-2-1-3-5-13/h1-11,19H,12H2. The quantitative estimate of drug-likeness (QED) is 0.701. The van der Waals surface area contributed by atoms with Crippen LogP contribution in [0.4, 0.5) is 5.88 Å². The molecule has 0 saturated heterocycles. The molecule has 0 amide bonds. The van der Waals surface area contributed by atoms with Crippen molar-refractivity contribution in [2.45, 2.75) is 6.54 Å². The van der Waals surface area contributed by atoms with E-state index in [1.54, 1.807) is 0 Å². The number of halogens is 1. The molecule has 3 aromatic rings. The smallest absolute Gasteiger partial charge is 0.193 e. The van der Waals surface area contributed by atoms with Crippen molar-refractivity contribution in [1.82, 2.24) is 0 Å². The first-order chi connectivity index (χ1) is 9.81. The molecule has 0 bridgehead atoms. The van der Waals surface area contributed by atoms with Crippen molar-refractivity contribution in [1.29, 1.82) is 0 Å². The van der Waals surface area contributed by atoms with Crippen LogP contribution < -0.4 is 5.32 Å². The Bertz CT molecular complexity index is 674. The number of nitrogens with one attached hydrogen (secondary N) is 1. The van der Waals surface area contributed by atoms with E-state index in [0.29, 0.717) is 0 Å². The third-order valence-corrected chi connectivity index (χ3v) is 3.57. The van der Waals surface area contributed by atoms with Gasteiger partial charge in [-0.2, -0.15) is 0 Å². The van der Waals surface area contributed by atoms with Crippen LogP contribution in [0.1, 0.15) is 5.56 Å². The second-order valence-electron chi connectivity index (χ2n) is 4.51. The zero-order valence-corrected chi connectivity index (χ0v) is 12.4. The van der Waals surface area contributed by atoms with Crippen LogP contribution in [-0.4, -0.2) is 0 Å². The van der Waals surface area contributed by atoms with Gasteiger partial charge in [0.2, 0.25) is 0 Å². The summed E-state index contributed by atoms with van der Waals surface area (Å²) in [5.74, 6) is 1.65. The molecule has 1 aromatic heterocycles. The van der Waals surface area contributed by atoms with E-state index in [2.05, 4.69) is 33.4 Å². The zero-order valence-electron chi connectivity index (χ0n) is 10.8. The van der Waals surface area contributed by atoms with Crippen molar-refractivity contribution in [3.8, 4) is 11.3 Å². The Balaban J connectivity index is 1.69. The first kappa shape index (κ1) is 13.0.